The van der Waals surface area contributed by atoms with E-state index in [1.165, 1.54) is 12.1 Å². The molecule has 0 bridgehead atoms. The molecule has 1 aliphatic heterocycles. The van der Waals surface area contributed by atoms with E-state index in [0.29, 0.717) is 12.0 Å². The van der Waals surface area contributed by atoms with Crippen LogP contribution in [0, 0.1) is 11.6 Å². The molecule has 0 saturated carbocycles. The fourth-order valence-electron chi connectivity index (χ4n) is 1.80. The van der Waals surface area contributed by atoms with E-state index in [1.807, 2.05) is 13.0 Å². The van der Waals surface area contributed by atoms with Crippen molar-refractivity contribution in [1.82, 2.24) is 0 Å². The van der Waals surface area contributed by atoms with Gasteiger partial charge >= 0.3 is 0 Å². The summed E-state index contributed by atoms with van der Waals surface area (Å²) in [6, 6.07) is 3.59. The number of hydrogen-bond donors (Lipinski definition) is 0. The van der Waals surface area contributed by atoms with Crippen molar-refractivity contribution in [2.75, 3.05) is 0 Å². The Bertz CT molecular complexity index is 401. The molecule has 80 valence electrons. The maximum absolute atomic E-state index is 13.5. The smallest absolute Gasteiger partial charge is 0.133 e. The second kappa shape index (κ2) is 3.65. The molecule has 2 rings (SSSR count). The lowest BCUT2D eigenvalue weighted by Gasteiger charge is -2.32. The first-order valence-corrected chi connectivity index (χ1v) is 4.90. The maximum atomic E-state index is 13.5. The van der Waals surface area contributed by atoms with E-state index in [1.54, 1.807) is 6.26 Å². The lowest BCUT2D eigenvalue weighted by Crippen LogP contribution is -2.27. The average Bonchev–Trinajstić information content (AvgIpc) is 2.18. The Labute approximate surface area is 87.4 Å². The van der Waals surface area contributed by atoms with Gasteiger partial charge in [-0.3, -0.25) is 0 Å². The minimum Gasteiger partial charge on any atom is -0.491 e. The number of rotatable bonds is 1. The van der Waals surface area contributed by atoms with Crippen molar-refractivity contribution < 1.29 is 13.5 Å². The zero-order valence-electron chi connectivity index (χ0n) is 8.47. The molecule has 1 unspecified atom stereocenters. The molecular formula is C12H12F2O. The van der Waals surface area contributed by atoms with Crippen LogP contribution in [0.4, 0.5) is 8.78 Å². The quantitative estimate of drug-likeness (QED) is 0.689. The Morgan fingerprint density at radius 1 is 1.33 bits per heavy atom. The highest BCUT2D eigenvalue weighted by Gasteiger charge is 2.31. The normalized spacial score (nSPS) is 25.0. The number of benzene rings is 1. The van der Waals surface area contributed by atoms with Crippen molar-refractivity contribution in [3.8, 4) is 0 Å². The van der Waals surface area contributed by atoms with Crippen LogP contribution >= 0.6 is 0 Å². The predicted molar refractivity (Wildman–Crippen MR) is 53.2 cm³/mol. The summed E-state index contributed by atoms with van der Waals surface area (Å²) in [5.74, 6) is -1.11. The standard InChI is InChI=1S/C12H12F2O/c1-12(6-2-3-7-15-12)10-5-4-9(13)8-11(10)14/h3-5,7-8H,2,6H2,1H3. The molecule has 0 radical (unpaired) electrons. The Balaban J connectivity index is 2.40. The molecule has 1 aromatic rings. The second-order valence-electron chi connectivity index (χ2n) is 3.88. The molecule has 0 N–H and O–H groups in total. The predicted octanol–water partition coefficient (Wildman–Crippen LogP) is 3.50. The summed E-state index contributed by atoms with van der Waals surface area (Å²) in [5.41, 5.74) is -0.264. The highest BCUT2D eigenvalue weighted by Crippen LogP contribution is 2.35. The van der Waals surface area contributed by atoms with Crippen molar-refractivity contribution in [3.63, 3.8) is 0 Å². The van der Waals surface area contributed by atoms with Crippen molar-refractivity contribution in [1.29, 1.82) is 0 Å². The topological polar surface area (TPSA) is 9.23 Å². The van der Waals surface area contributed by atoms with Crippen LogP contribution < -0.4 is 0 Å². The van der Waals surface area contributed by atoms with Crippen LogP contribution in [-0.2, 0) is 10.3 Å². The third-order valence-electron chi connectivity index (χ3n) is 2.71. The Morgan fingerprint density at radius 2 is 2.13 bits per heavy atom. The molecule has 3 heteroatoms. The monoisotopic (exact) mass is 210 g/mol. The largest absolute Gasteiger partial charge is 0.491 e. The van der Waals surface area contributed by atoms with Gasteiger partial charge in [-0.05, 0) is 38.0 Å². The van der Waals surface area contributed by atoms with Crippen LogP contribution in [0.5, 0.6) is 0 Å². The summed E-state index contributed by atoms with van der Waals surface area (Å²) in [6.07, 6.45) is 5.01. The van der Waals surface area contributed by atoms with E-state index in [2.05, 4.69) is 0 Å². The van der Waals surface area contributed by atoms with Crippen LogP contribution in [0.25, 0.3) is 0 Å². The molecule has 1 nitrogen and oxygen atoms in total. The lowest BCUT2D eigenvalue weighted by atomic mass is 9.89. The molecule has 0 aromatic heterocycles. The lowest BCUT2D eigenvalue weighted by molar-refractivity contribution is 0.0147. The van der Waals surface area contributed by atoms with E-state index in [-0.39, 0.29) is 0 Å². The third kappa shape index (κ3) is 1.87. The second-order valence-corrected chi connectivity index (χ2v) is 3.88. The molecule has 1 heterocycles. The van der Waals surface area contributed by atoms with E-state index in [9.17, 15) is 8.78 Å². The minimum absolute atomic E-state index is 0.410. The molecule has 0 spiro atoms. The highest BCUT2D eigenvalue weighted by molar-refractivity contribution is 5.25. The Morgan fingerprint density at radius 3 is 2.73 bits per heavy atom. The molecule has 1 aromatic carbocycles. The molecule has 0 amide bonds. The van der Waals surface area contributed by atoms with Gasteiger partial charge in [0, 0.05) is 11.6 Å². The summed E-state index contributed by atoms with van der Waals surface area (Å²) in [7, 11) is 0. The molecule has 0 saturated heterocycles. The van der Waals surface area contributed by atoms with Crippen molar-refractivity contribution >= 4 is 0 Å². The number of hydrogen-bond acceptors (Lipinski definition) is 1. The van der Waals surface area contributed by atoms with Gasteiger partial charge in [-0.25, -0.2) is 8.78 Å². The Hall–Kier alpha value is -1.38. The van der Waals surface area contributed by atoms with Gasteiger partial charge in [0.05, 0.1) is 6.26 Å². The SMILES string of the molecule is CC1(c2ccc(F)cc2F)CCC=CO1. The van der Waals surface area contributed by atoms with Gasteiger partial charge in [0.25, 0.3) is 0 Å². The van der Waals surface area contributed by atoms with Crippen LogP contribution in [0.1, 0.15) is 25.3 Å². The number of ether oxygens (including phenoxy) is 1. The molecule has 15 heavy (non-hydrogen) atoms. The van der Waals surface area contributed by atoms with Gasteiger partial charge in [0.2, 0.25) is 0 Å². The number of allylic oxidation sites excluding steroid dienone is 1. The van der Waals surface area contributed by atoms with Gasteiger partial charge in [0.15, 0.2) is 0 Å². The van der Waals surface area contributed by atoms with Crippen molar-refractivity contribution in [2.24, 2.45) is 0 Å². The molecule has 1 atom stereocenters. The van der Waals surface area contributed by atoms with Crippen molar-refractivity contribution in [3.05, 3.63) is 47.7 Å². The summed E-state index contributed by atoms with van der Waals surface area (Å²) >= 11 is 0. The fraction of sp³-hybridized carbons (Fsp3) is 0.333. The van der Waals surface area contributed by atoms with Gasteiger partial charge in [-0.2, -0.15) is 0 Å². The van der Waals surface area contributed by atoms with Gasteiger partial charge < -0.3 is 4.74 Å². The van der Waals surface area contributed by atoms with Gasteiger partial charge in [-0.1, -0.05) is 0 Å². The zero-order valence-corrected chi connectivity index (χ0v) is 8.47. The van der Waals surface area contributed by atoms with Gasteiger partial charge in [-0.15, -0.1) is 0 Å². The molecule has 0 aliphatic carbocycles. The van der Waals surface area contributed by atoms with Crippen LogP contribution in [0.2, 0.25) is 0 Å². The van der Waals surface area contributed by atoms with E-state index in [0.717, 1.165) is 12.5 Å². The van der Waals surface area contributed by atoms with Crippen molar-refractivity contribution in [2.45, 2.75) is 25.4 Å². The number of halogens is 2. The summed E-state index contributed by atoms with van der Waals surface area (Å²) in [6.45, 7) is 1.81. The first-order chi connectivity index (χ1) is 7.12. The summed E-state index contributed by atoms with van der Waals surface area (Å²) < 4.78 is 31.7. The average molecular weight is 210 g/mol. The van der Waals surface area contributed by atoms with E-state index in [4.69, 9.17) is 4.74 Å². The fourth-order valence-corrected chi connectivity index (χ4v) is 1.80. The molecule has 0 fully saturated rings. The minimum atomic E-state index is -0.674. The highest BCUT2D eigenvalue weighted by atomic mass is 19.1. The first-order valence-electron chi connectivity index (χ1n) is 4.90. The summed E-state index contributed by atoms with van der Waals surface area (Å²) in [5, 5.41) is 0. The van der Waals surface area contributed by atoms with E-state index < -0.39 is 17.2 Å². The first kappa shape index (κ1) is 10.1. The molecule has 1 aliphatic rings. The van der Waals surface area contributed by atoms with Crippen LogP contribution in [-0.4, -0.2) is 0 Å². The maximum Gasteiger partial charge on any atom is 0.133 e. The Kier molecular flexibility index (Phi) is 2.47. The third-order valence-corrected chi connectivity index (χ3v) is 2.71. The zero-order chi connectivity index (χ0) is 10.9. The van der Waals surface area contributed by atoms with Crippen LogP contribution in [0.3, 0.4) is 0 Å². The van der Waals surface area contributed by atoms with Crippen LogP contribution in [0.15, 0.2) is 30.5 Å². The molecular weight excluding hydrogens is 198 g/mol. The summed E-state index contributed by atoms with van der Waals surface area (Å²) in [4.78, 5) is 0. The van der Waals surface area contributed by atoms with Gasteiger partial charge in [0.1, 0.15) is 17.2 Å². The van der Waals surface area contributed by atoms with E-state index >= 15 is 0 Å².